The number of nitrogens with zero attached hydrogens (tertiary/aromatic N) is 4. The lowest BCUT2D eigenvalue weighted by Crippen LogP contribution is -2.52. The van der Waals surface area contributed by atoms with Crippen LogP contribution in [0.2, 0.25) is 0 Å². The van der Waals surface area contributed by atoms with Crippen molar-refractivity contribution in [2.24, 2.45) is 0 Å². The van der Waals surface area contributed by atoms with E-state index in [2.05, 4.69) is 42.5 Å². The zero-order valence-corrected chi connectivity index (χ0v) is 14.2. The minimum Gasteiger partial charge on any atom is -0.354 e. The summed E-state index contributed by atoms with van der Waals surface area (Å²) in [6, 6.07) is 6.50. The molecule has 2 heterocycles. The monoisotopic (exact) mass is 304 g/mol. The van der Waals surface area contributed by atoms with Crippen LogP contribution in [0, 0.1) is 0 Å². The number of rotatable bonds is 5. The van der Waals surface area contributed by atoms with Crippen molar-refractivity contribution < 1.29 is 4.79 Å². The fraction of sp³-hybridized carbons (Fsp3) is 0.647. The van der Waals surface area contributed by atoms with Crippen LogP contribution < -0.4 is 4.90 Å². The van der Waals surface area contributed by atoms with E-state index in [1.54, 1.807) is 0 Å². The van der Waals surface area contributed by atoms with Crippen molar-refractivity contribution in [3.63, 3.8) is 0 Å². The maximum Gasteiger partial charge on any atom is 0.237 e. The first-order valence-corrected chi connectivity index (χ1v) is 8.18. The van der Waals surface area contributed by atoms with Crippen LogP contribution in [-0.2, 0) is 4.79 Å². The molecule has 1 aliphatic rings. The Morgan fingerprint density at radius 2 is 1.77 bits per heavy atom. The molecule has 0 bridgehead atoms. The molecule has 1 aromatic heterocycles. The molecule has 122 valence electrons. The second-order valence-electron chi connectivity index (χ2n) is 6.44. The van der Waals surface area contributed by atoms with Gasteiger partial charge in [-0.1, -0.05) is 6.07 Å². The van der Waals surface area contributed by atoms with Gasteiger partial charge in [0.05, 0.1) is 6.54 Å². The summed E-state index contributed by atoms with van der Waals surface area (Å²) < 4.78 is 0. The number of anilines is 1. The van der Waals surface area contributed by atoms with Crippen LogP contribution in [0.3, 0.4) is 0 Å². The number of hydrogen-bond acceptors (Lipinski definition) is 4. The lowest BCUT2D eigenvalue weighted by molar-refractivity contribution is -0.136. The van der Waals surface area contributed by atoms with Crippen LogP contribution in [0.5, 0.6) is 0 Å². The second kappa shape index (κ2) is 7.58. The minimum absolute atomic E-state index is 0.233. The maximum absolute atomic E-state index is 12.5. The van der Waals surface area contributed by atoms with Crippen molar-refractivity contribution in [1.82, 2.24) is 14.8 Å². The van der Waals surface area contributed by atoms with Gasteiger partial charge in [-0.25, -0.2) is 4.98 Å². The number of aromatic nitrogens is 1. The van der Waals surface area contributed by atoms with Crippen molar-refractivity contribution in [1.29, 1.82) is 0 Å². The van der Waals surface area contributed by atoms with E-state index in [0.29, 0.717) is 6.54 Å². The van der Waals surface area contributed by atoms with E-state index < -0.39 is 0 Å². The van der Waals surface area contributed by atoms with Crippen molar-refractivity contribution in [3.05, 3.63) is 24.4 Å². The van der Waals surface area contributed by atoms with Gasteiger partial charge in [0.2, 0.25) is 5.91 Å². The van der Waals surface area contributed by atoms with Crippen LogP contribution >= 0.6 is 0 Å². The molecule has 2 rings (SSSR count). The van der Waals surface area contributed by atoms with Gasteiger partial charge in [0.1, 0.15) is 5.82 Å². The van der Waals surface area contributed by atoms with E-state index >= 15 is 0 Å². The van der Waals surface area contributed by atoms with Crippen molar-refractivity contribution in [2.75, 3.05) is 37.6 Å². The zero-order valence-electron chi connectivity index (χ0n) is 14.2. The molecular weight excluding hydrogens is 276 g/mol. The Labute approximate surface area is 133 Å². The zero-order chi connectivity index (χ0) is 16.1. The number of carbonyl (C=O) groups is 1. The van der Waals surface area contributed by atoms with Gasteiger partial charge in [0.25, 0.3) is 0 Å². The third-order valence-electron chi connectivity index (χ3n) is 4.11. The summed E-state index contributed by atoms with van der Waals surface area (Å²) in [5, 5.41) is 0. The Kier molecular flexibility index (Phi) is 5.77. The first-order valence-electron chi connectivity index (χ1n) is 8.18. The molecule has 5 heteroatoms. The van der Waals surface area contributed by atoms with Gasteiger partial charge in [0, 0.05) is 44.5 Å². The quantitative estimate of drug-likeness (QED) is 0.832. The smallest absolute Gasteiger partial charge is 0.237 e. The van der Waals surface area contributed by atoms with Gasteiger partial charge >= 0.3 is 0 Å². The molecule has 0 aromatic carbocycles. The first-order chi connectivity index (χ1) is 10.5. The molecule has 1 fully saturated rings. The maximum atomic E-state index is 12.5. The Morgan fingerprint density at radius 1 is 1.14 bits per heavy atom. The molecule has 0 saturated carbocycles. The van der Waals surface area contributed by atoms with Crippen LogP contribution in [-0.4, -0.2) is 65.5 Å². The van der Waals surface area contributed by atoms with E-state index in [9.17, 15) is 4.79 Å². The summed E-state index contributed by atoms with van der Waals surface area (Å²) in [7, 11) is 0. The summed E-state index contributed by atoms with van der Waals surface area (Å²) in [4.78, 5) is 23.4. The molecule has 0 N–H and O–H groups in total. The van der Waals surface area contributed by atoms with Crippen LogP contribution in [0.4, 0.5) is 5.82 Å². The molecule has 0 atom stereocenters. The molecule has 0 spiro atoms. The molecule has 0 aliphatic carbocycles. The van der Waals surface area contributed by atoms with Gasteiger partial charge < -0.3 is 9.80 Å². The summed E-state index contributed by atoms with van der Waals surface area (Å²) in [6.07, 6.45) is 1.83. The largest absolute Gasteiger partial charge is 0.354 e. The molecule has 1 aliphatic heterocycles. The summed E-state index contributed by atoms with van der Waals surface area (Å²) >= 11 is 0. The highest BCUT2D eigenvalue weighted by atomic mass is 16.2. The summed E-state index contributed by atoms with van der Waals surface area (Å²) in [5.41, 5.74) is 0. The van der Waals surface area contributed by atoms with E-state index in [4.69, 9.17) is 0 Å². The fourth-order valence-corrected chi connectivity index (χ4v) is 3.12. The van der Waals surface area contributed by atoms with Gasteiger partial charge in [-0.3, -0.25) is 9.69 Å². The van der Waals surface area contributed by atoms with Gasteiger partial charge in [-0.2, -0.15) is 0 Å². The fourth-order valence-electron chi connectivity index (χ4n) is 3.12. The van der Waals surface area contributed by atoms with Crippen molar-refractivity contribution >= 4 is 11.7 Å². The predicted molar refractivity (Wildman–Crippen MR) is 90.0 cm³/mol. The average Bonchev–Trinajstić information content (AvgIpc) is 2.48. The molecule has 1 amide bonds. The van der Waals surface area contributed by atoms with E-state index in [0.717, 1.165) is 32.0 Å². The van der Waals surface area contributed by atoms with Crippen LogP contribution in [0.15, 0.2) is 24.4 Å². The molecule has 1 saturated heterocycles. The van der Waals surface area contributed by atoms with Gasteiger partial charge in [0.15, 0.2) is 0 Å². The van der Waals surface area contributed by atoms with E-state index in [1.807, 2.05) is 29.3 Å². The molecule has 5 nitrogen and oxygen atoms in total. The van der Waals surface area contributed by atoms with Crippen molar-refractivity contribution in [3.8, 4) is 0 Å². The van der Waals surface area contributed by atoms with E-state index in [-0.39, 0.29) is 18.0 Å². The number of hydrogen-bond donors (Lipinski definition) is 0. The third-order valence-corrected chi connectivity index (χ3v) is 4.11. The van der Waals surface area contributed by atoms with Crippen LogP contribution in [0.25, 0.3) is 0 Å². The molecule has 1 aromatic rings. The summed E-state index contributed by atoms with van der Waals surface area (Å²) in [6.45, 7) is 12.5. The SMILES string of the molecule is CC(C)N(C(=O)CN1CCN(c2ccccn2)CC1)C(C)C. The molecule has 0 radical (unpaired) electrons. The van der Waals surface area contributed by atoms with E-state index in [1.165, 1.54) is 0 Å². The van der Waals surface area contributed by atoms with Crippen LogP contribution in [0.1, 0.15) is 27.7 Å². The van der Waals surface area contributed by atoms with Crippen molar-refractivity contribution in [2.45, 2.75) is 39.8 Å². The first kappa shape index (κ1) is 16.7. The highest BCUT2D eigenvalue weighted by Gasteiger charge is 2.24. The lowest BCUT2D eigenvalue weighted by Gasteiger charge is -2.37. The predicted octanol–water partition coefficient (Wildman–Crippen LogP) is 1.85. The normalized spacial score (nSPS) is 16.4. The Balaban J connectivity index is 1.86. The van der Waals surface area contributed by atoms with Gasteiger partial charge in [-0.05, 0) is 39.8 Å². The third kappa shape index (κ3) is 4.19. The molecule has 22 heavy (non-hydrogen) atoms. The number of pyridine rings is 1. The number of amides is 1. The molecule has 0 unspecified atom stereocenters. The minimum atomic E-state index is 0.233. The second-order valence-corrected chi connectivity index (χ2v) is 6.44. The number of piperazine rings is 1. The van der Waals surface area contributed by atoms with Gasteiger partial charge in [-0.15, -0.1) is 0 Å². The summed E-state index contributed by atoms with van der Waals surface area (Å²) in [5.74, 6) is 1.26. The Bertz CT molecular complexity index is 459. The highest BCUT2D eigenvalue weighted by Crippen LogP contribution is 2.13. The molecular formula is C17H28N4O. The Hall–Kier alpha value is -1.62. The topological polar surface area (TPSA) is 39.7 Å². The lowest BCUT2D eigenvalue weighted by atomic mass is 10.2. The highest BCUT2D eigenvalue weighted by molar-refractivity contribution is 5.78. The average molecular weight is 304 g/mol. The number of carbonyl (C=O) groups excluding carboxylic acids is 1. The Morgan fingerprint density at radius 3 is 2.27 bits per heavy atom. The standard InChI is InChI=1S/C17H28N4O/c1-14(2)21(15(3)4)17(22)13-19-9-11-20(12-10-19)16-7-5-6-8-18-16/h5-8,14-15H,9-13H2,1-4H3.